The van der Waals surface area contributed by atoms with Crippen LogP contribution in [0.3, 0.4) is 0 Å². The summed E-state index contributed by atoms with van der Waals surface area (Å²) in [6.45, 7) is 7.40. The Balaban J connectivity index is 1.26. The van der Waals surface area contributed by atoms with Gasteiger partial charge < -0.3 is 10.6 Å². The van der Waals surface area contributed by atoms with Crippen molar-refractivity contribution in [3.63, 3.8) is 0 Å². The molecule has 3 atom stereocenters. The average Bonchev–Trinajstić information content (AvgIpc) is 3.35. The molecule has 2 aliphatic heterocycles. The molecular formula is C42H46N4. The van der Waals surface area contributed by atoms with Crippen LogP contribution in [0, 0.1) is 24.2 Å². The van der Waals surface area contributed by atoms with Crippen molar-refractivity contribution in [1.29, 1.82) is 5.26 Å². The molecule has 1 spiro atoms. The molecule has 4 nitrogen and oxygen atoms in total. The maximum absolute atomic E-state index is 9.77. The minimum Gasteiger partial charge on any atom is -0.386 e. The molecule has 5 aliphatic rings. The van der Waals surface area contributed by atoms with E-state index in [-0.39, 0.29) is 23.4 Å². The number of aryl methyl sites for hydroxylation is 1. The fraction of sp³-hybridized carbons (Fsp3) is 0.381. The van der Waals surface area contributed by atoms with E-state index in [2.05, 4.69) is 123 Å². The SMILES string of the molecule is CC/C=C\C=C(/C)C1CC(c2ccccc2)N=C(C2=CC(c3cc4c(cc3C)C3=C(C=CC(C#N)C3)C43CCCCC3)=CNC2)N1. The van der Waals surface area contributed by atoms with Gasteiger partial charge in [0.05, 0.1) is 24.1 Å². The van der Waals surface area contributed by atoms with Gasteiger partial charge in [-0.05, 0) is 103 Å². The number of allylic oxidation sites excluding steroid dienone is 9. The summed E-state index contributed by atoms with van der Waals surface area (Å²) in [4.78, 5) is 5.33. The van der Waals surface area contributed by atoms with E-state index in [1.165, 1.54) is 87.8 Å². The number of fused-ring (bicyclic) bond motifs is 4. The van der Waals surface area contributed by atoms with Crippen LogP contribution in [-0.2, 0) is 5.41 Å². The summed E-state index contributed by atoms with van der Waals surface area (Å²) >= 11 is 0. The first-order chi connectivity index (χ1) is 22.5. The Morgan fingerprint density at radius 1 is 1.11 bits per heavy atom. The van der Waals surface area contributed by atoms with Crippen LogP contribution in [-0.4, -0.2) is 18.4 Å². The summed E-state index contributed by atoms with van der Waals surface area (Å²) in [6.07, 6.45) is 24.7. The maximum Gasteiger partial charge on any atom is 0.127 e. The number of dihydropyridines is 1. The maximum atomic E-state index is 9.77. The zero-order valence-corrected chi connectivity index (χ0v) is 27.6. The molecule has 46 heavy (non-hydrogen) atoms. The fourth-order valence-corrected chi connectivity index (χ4v) is 8.39. The van der Waals surface area contributed by atoms with E-state index in [9.17, 15) is 5.26 Å². The zero-order valence-electron chi connectivity index (χ0n) is 27.6. The molecule has 1 saturated carbocycles. The highest BCUT2D eigenvalue weighted by Gasteiger charge is 2.46. The van der Waals surface area contributed by atoms with Gasteiger partial charge in [0.1, 0.15) is 5.84 Å². The Hall–Kier alpha value is -4.36. The van der Waals surface area contributed by atoms with Gasteiger partial charge in [0.2, 0.25) is 0 Å². The third kappa shape index (κ3) is 5.51. The monoisotopic (exact) mass is 606 g/mol. The van der Waals surface area contributed by atoms with Gasteiger partial charge in [-0.1, -0.05) is 98.5 Å². The Kier molecular flexibility index (Phi) is 8.43. The number of nitrogens with zero attached hydrogens (tertiary/aromatic N) is 2. The first kappa shape index (κ1) is 30.3. The lowest BCUT2D eigenvalue weighted by Gasteiger charge is -2.38. The summed E-state index contributed by atoms with van der Waals surface area (Å²) in [5, 5.41) is 17.2. The molecule has 0 bridgehead atoms. The van der Waals surface area contributed by atoms with Crippen LogP contribution in [0.4, 0.5) is 0 Å². The van der Waals surface area contributed by atoms with Crippen LogP contribution in [0.2, 0.25) is 0 Å². The summed E-state index contributed by atoms with van der Waals surface area (Å²) in [5.41, 5.74) is 13.5. The number of hydrogen-bond donors (Lipinski definition) is 2. The lowest BCUT2D eigenvalue weighted by atomic mass is 9.66. The molecule has 2 N–H and O–H groups in total. The van der Waals surface area contributed by atoms with Crippen molar-refractivity contribution in [1.82, 2.24) is 10.6 Å². The lowest BCUT2D eigenvalue weighted by molar-refractivity contribution is 0.349. The summed E-state index contributed by atoms with van der Waals surface area (Å²) < 4.78 is 0. The summed E-state index contributed by atoms with van der Waals surface area (Å²) in [7, 11) is 0. The molecule has 4 heteroatoms. The Bertz CT molecular complexity index is 1770. The number of rotatable bonds is 6. The molecule has 3 unspecified atom stereocenters. The molecular weight excluding hydrogens is 560 g/mol. The minimum absolute atomic E-state index is 0.0328. The molecule has 2 heterocycles. The largest absolute Gasteiger partial charge is 0.386 e. The first-order valence-electron chi connectivity index (χ1n) is 17.3. The molecule has 234 valence electrons. The van der Waals surface area contributed by atoms with Gasteiger partial charge >= 0.3 is 0 Å². The van der Waals surface area contributed by atoms with Gasteiger partial charge in [-0.15, -0.1) is 0 Å². The highest BCUT2D eigenvalue weighted by Crippen LogP contribution is 2.57. The van der Waals surface area contributed by atoms with Gasteiger partial charge in [0.15, 0.2) is 0 Å². The summed E-state index contributed by atoms with van der Waals surface area (Å²) in [6, 6.07) is 18.5. The Labute approximate surface area is 275 Å². The molecule has 0 saturated heterocycles. The van der Waals surface area contributed by atoms with Crippen molar-refractivity contribution < 1.29 is 0 Å². The number of nitrogens with one attached hydrogen (secondary N) is 2. The molecule has 2 aromatic rings. The van der Waals surface area contributed by atoms with E-state index < -0.39 is 0 Å². The van der Waals surface area contributed by atoms with Gasteiger partial charge in [-0.25, -0.2) is 0 Å². The molecule has 0 aromatic heterocycles. The van der Waals surface area contributed by atoms with E-state index in [0.717, 1.165) is 31.6 Å². The summed E-state index contributed by atoms with van der Waals surface area (Å²) in [5.74, 6) is 0.956. The van der Waals surface area contributed by atoms with Crippen molar-refractivity contribution in [3.8, 4) is 6.07 Å². The van der Waals surface area contributed by atoms with Crippen molar-refractivity contribution in [2.75, 3.05) is 6.54 Å². The van der Waals surface area contributed by atoms with Crippen molar-refractivity contribution in [2.24, 2.45) is 10.9 Å². The van der Waals surface area contributed by atoms with Crippen LogP contribution in [0.1, 0.15) is 99.1 Å². The highest BCUT2D eigenvalue weighted by atomic mass is 15.1. The molecule has 1 fully saturated rings. The topological polar surface area (TPSA) is 60.2 Å². The van der Waals surface area contributed by atoms with Crippen LogP contribution in [0.5, 0.6) is 0 Å². The van der Waals surface area contributed by atoms with Crippen molar-refractivity contribution >= 4 is 17.0 Å². The molecule has 0 radical (unpaired) electrons. The van der Waals surface area contributed by atoms with Crippen LogP contribution in [0.15, 0.2) is 107 Å². The third-order valence-electron chi connectivity index (χ3n) is 10.9. The predicted octanol–water partition coefficient (Wildman–Crippen LogP) is 9.35. The van der Waals surface area contributed by atoms with Crippen LogP contribution >= 0.6 is 0 Å². The second-order valence-electron chi connectivity index (χ2n) is 13.8. The standard InChI is InChI=1S/C42H46N4/c1-4-5-8-13-28(2)39-24-40(31-14-9-6-10-15-31)46-41(45-39)33-22-32(26-44-27-33)34-23-38-35(20-29(34)3)36-21-30(25-43)16-17-37(36)42(38)18-11-7-12-19-42/h5-6,8-10,13-17,20,22-23,26,30,39-40,44H,4,7,11-12,18-19,21,24,27H2,1-3H3,(H,45,46)/b8-5-,28-13+. The van der Waals surface area contributed by atoms with Crippen molar-refractivity contribution in [2.45, 2.75) is 89.6 Å². The van der Waals surface area contributed by atoms with E-state index in [0.29, 0.717) is 0 Å². The van der Waals surface area contributed by atoms with E-state index in [1.54, 1.807) is 0 Å². The van der Waals surface area contributed by atoms with Crippen LogP contribution < -0.4 is 10.6 Å². The quantitative estimate of drug-likeness (QED) is 0.322. The van der Waals surface area contributed by atoms with Gasteiger partial charge in [-0.3, -0.25) is 4.99 Å². The number of benzene rings is 2. The number of aliphatic imine (C=N–C) groups is 1. The van der Waals surface area contributed by atoms with Crippen LogP contribution in [0.25, 0.3) is 11.1 Å². The zero-order chi connectivity index (χ0) is 31.7. The molecule has 3 aliphatic carbocycles. The van der Waals surface area contributed by atoms with Gasteiger partial charge in [0.25, 0.3) is 0 Å². The van der Waals surface area contributed by atoms with Crippen molar-refractivity contribution in [3.05, 3.63) is 130 Å². The van der Waals surface area contributed by atoms with Gasteiger partial charge in [-0.2, -0.15) is 5.26 Å². The van der Waals surface area contributed by atoms with E-state index >= 15 is 0 Å². The Morgan fingerprint density at radius 2 is 1.93 bits per heavy atom. The number of nitriles is 1. The highest BCUT2D eigenvalue weighted by molar-refractivity contribution is 6.03. The average molecular weight is 607 g/mol. The second-order valence-corrected chi connectivity index (χ2v) is 13.8. The fourth-order valence-electron chi connectivity index (χ4n) is 8.39. The molecule has 2 aromatic carbocycles. The normalized spacial score (nSPS) is 25.2. The minimum atomic E-state index is -0.0328. The second kappa shape index (κ2) is 12.8. The predicted molar refractivity (Wildman–Crippen MR) is 191 cm³/mol. The number of hydrogen-bond acceptors (Lipinski definition) is 4. The smallest absolute Gasteiger partial charge is 0.127 e. The number of amidine groups is 1. The molecule has 7 rings (SSSR count). The van der Waals surface area contributed by atoms with E-state index in [4.69, 9.17) is 4.99 Å². The molecule has 0 amide bonds. The lowest BCUT2D eigenvalue weighted by Crippen LogP contribution is -2.43. The Morgan fingerprint density at radius 3 is 2.72 bits per heavy atom. The van der Waals surface area contributed by atoms with Gasteiger partial charge in [0, 0.05) is 23.7 Å². The third-order valence-corrected chi connectivity index (χ3v) is 10.9. The van der Waals surface area contributed by atoms with E-state index in [1.807, 2.05) is 0 Å². The first-order valence-corrected chi connectivity index (χ1v) is 17.3.